The predicted molar refractivity (Wildman–Crippen MR) is 70.0 cm³/mol. The Kier molecular flexibility index (Phi) is 6.75. The molecule has 16 heavy (non-hydrogen) atoms. The monoisotopic (exact) mass is 226 g/mol. The van der Waals surface area contributed by atoms with Crippen molar-refractivity contribution in [2.45, 2.75) is 25.7 Å². The van der Waals surface area contributed by atoms with Crippen LogP contribution in [-0.4, -0.2) is 12.8 Å². The molecular formula is C14H20LiP. The van der Waals surface area contributed by atoms with Gasteiger partial charge in [0.15, 0.2) is 0 Å². The van der Waals surface area contributed by atoms with Crippen LogP contribution in [0.1, 0.15) is 25.7 Å². The van der Waals surface area contributed by atoms with Crippen molar-refractivity contribution in [3.05, 3.63) is 36.8 Å². The van der Waals surface area contributed by atoms with Crippen LogP contribution >= 0.6 is 7.92 Å². The van der Waals surface area contributed by atoms with E-state index in [1.165, 1.54) is 31.8 Å². The van der Waals surface area contributed by atoms with E-state index in [1.54, 1.807) is 5.30 Å². The van der Waals surface area contributed by atoms with Crippen molar-refractivity contribution in [1.29, 1.82) is 0 Å². The van der Waals surface area contributed by atoms with Crippen LogP contribution in [0.5, 0.6) is 0 Å². The van der Waals surface area contributed by atoms with Gasteiger partial charge in [-0.15, -0.1) is 0 Å². The van der Waals surface area contributed by atoms with E-state index in [-0.39, 0.29) is 26.8 Å². The van der Waals surface area contributed by atoms with Crippen molar-refractivity contribution < 1.29 is 18.9 Å². The fourth-order valence-electron chi connectivity index (χ4n) is 2.27. The summed E-state index contributed by atoms with van der Waals surface area (Å²) in [5, 5.41) is 1.56. The number of hydrogen-bond donors (Lipinski definition) is 0. The first kappa shape index (κ1) is 14.3. The third kappa shape index (κ3) is 4.25. The van der Waals surface area contributed by atoms with Crippen LogP contribution in [-0.2, 0) is 0 Å². The summed E-state index contributed by atoms with van der Waals surface area (Å²) < 4.78 is 0. The first-order valence-electron chi connectivity index (χ1n) is 5.94. The molecule has 2 unspecified atom stereocenters. The third-order valence-corrected chi connectivity index (χ3v) is 5.46. The predicted octanol–water partition coefficient (Wildman–Crippen LogP) is 0.822. The minimum atomic E-state index is 0. The van der Waals surface area contributed by atoms with Crippen molar-refractivity contribution in [3.8, 4) is 0 Å². The van der Waals surface area contributed by atoms with E-state index >= 15 is 0 Å². The van der Waals surface area contributed by atoms with E-state index in [1.807, 2.05) is 0 Å². The average Bonchev–Trinajstić information content (AvgIpc) is 2.80. The van der Waals surface area contributed by atoms with Crippen LogP contribution in [0.2, 0.25) is 0 Å². The molecule has 0 amide bonds. The van der Waals surface area contributed by atoms with Crippen LogP contribution in [0.3, 0.4) is 0 Å². The molecule has 2 atom stereocenters. The van der Waals surface area contributed by atoms with Crippen molar-refractivity contribution in [2.24, 2.45) is 5.92 Å². The van der Waals surface area contributed by atoms with Gasteiger partial charge in [0, 0.05) is 0 Å². The van der Waals surface area contributed by atoms with Gasteiger partial charge >= 0.3 is 18.9 Å². The second-order valence-electron chi connectivity index (χ2n) is 4.51. The zero-order valence-corrected chi connectivity index (χ0v) is 11.4. The summed E-state index contributed by atoms with van der Waals surface area (Å²) in [6, 6.07) is 11.0. The number of rotatable bonds is 4. The summed E-state index contributed by atoms with van der Waals surface area (Å²) in [7, 11) is 0.0943. The fourth-order valence-corrected chi connectivity index (χ4v) is 3.97. The molecule has 1 saturated carbocycles. The normalized spacial score (nSPS) is 21.4. The van der Waals surface area contributed by atoms with Gasteiger partial charge in [0.25, 0.3) is 0 Å². The van der Waals surface area contributed by atoms with Gasteiger partial charge in [-0.2, -0.15) is 12.8 Å². The second kappa shape index (κ2) is 7.55. The summed E-state index contributed by atoms with van der Waals surface area (Å²) in [5.74, 6) is 0.999. The number of hydrogen-bond acceptors (Lipinski definition) is 0. The molecule has 1 aliphatic rings. The third-order valence-electron chi connectivity index (χ3n) is 3.35. The smallest absolute Gasteiger partial charge is 0.328 e. The van der Waals surface area contributed by atoms with Crippen molar-refractivity contribution >= 4 is 13.2 Å². The SMILES string of the molecule is CP(CCC1C[CH-]CC1)c1ccccc1.[Li+]. The first-order valence-corrected chi connectivity index (χ1v) is 7.91. The maximum absolute atomic E-state index is 2.46. The quantitative estimate of drug-likeness (QED) is 0.405. The first-order chi connectivity index (χ1) is 7.36. The molecule has 1 aliphatic carbocycles. The molecule has 0 bridgehead atoms. The van der Waals surface area contributed by atoms with Crippen molar-refractivity contribution in [2.75, 3.05) is 12.8 Å². The van der Waals surface area contributed by atoms with Crippen molar-refractivity contribution in [3.63, 3.8) is 0 Å². The Morgan fingerprint density at radius 3 is 2.69 bits per heavy atom. The standard InChI is InChI=1S/C14H20P.Li/c1-15(14-9-3-2-4-10-14)12-11-13-7-5-6-8-13;/h2-5,9-10,13H,6-8,11-12H2,1H3;/q-1;+1. The Bertz CT molecular complexity index is 280. The van der Waals surface area contributed by atoms with E-state index in [2.05, 4.69) is 43.4 Å². The van der Waals surface area contributed by atoms with Gasteiger partial charge in [0.1, 0.15) is 0 Å². The Morgan fingerprint density at radius 1 is 1.31 bits per heavy atom. The fraction of sp³-hybridized carbons (Fsp3) is 0.500. The van der Waals surface area contributed by atoms with Gasteiger partial charge in [0.05, 0.1) is 0 Å². The second-order valence-corrected chi connectivity index (χ2v) is 6.87. The van der Waals surface area contributed by atoms with Gasteiger partial charge in [-0.3, -0.25) is 0 Å². The summed E-state index contributed by atoms with van der Waals surface area (Å²) in [6.45, 7) is 2.42. The van der Waals surface area contributed by atoms with Gasteiger partial charge < -0.3 is 6.42 Å². The molecule has 0 N–H and O–H groups in total. The van der Waals surface area contributed by atoms with Crippen LogP contribution in [0.15, 0.2) is 30.3 Å². The molecule has 2 rings (SSSR count). The van der Waals surface area contributed by atoms with E-state index < -0.39 is 0 Å². The van der Waals surface area contributed by atoms with Crippen LogP contribution in [0.4, 0.5) is 0 Å². The van der Waals surface area contributed by atoms with Gasteiger partial charge in [0.2, 0.25) is 0 Å². The molecule has 0 nitrogen and oxygen atoms in total. The minimum Gasteiger partial charge on any atom is -0.328 e. The van der Waals surface area contributed by atoms with Gasteiger partial charge in [-0.25, -0.2) is 0 Å². The van der Waals surface area contributed by atoms with Crippen LogP contribution in [0, 0.1) is 12.3 Å². The van der Waals surface area contributed by atoms with E-state index in [4.69, 9.17) is 0 Å². The Morgan fingerprint density at radius 2 is 2.06 bits per heavy atom. The minimum absolute atomic E-state index is 0. The van der Waals surface area contributed by atoms with Gasteiger partial charge in [-0.05, 0) is 24.6 Å². The molecular weight excluding hydrogens is 206 g/mol. The van der Waals surface area contributed by atoms with E-state index in [9.17, 15) is 0 Å². The Hall–Kier alpha value is 0.247. The Labute approximate surface area is 113 Å². The van der Waals surface area contributed by atoms with Gasteiger partial charge in [-0.1, -0.05) is 50.6 Å². The molecule has 0 aliphatic heterocycles. The summed E-state index contributed by atoms with van der Waals surface area (Å²) >= 11 is 0. The van der Waals surface area contributed by atoms with E-state index in [0.29, 0.717) is 0 Å². The van der Waals surface area contributed by atoms with Crippen LogP contribution in [0.25, 0.3) is 0 Å². The average molecular weight is 226 g/mol. The largest absolute Gasteiger partial charge is 1.00 e. The van der Waals surface area contributed by atoms with E-state index in [0.717, 1.165) is 5.92 Å². The summed E-state index contributed by atoms with van der Waals surface area (Å²) in [6.07, 6.45) is 9.49. The zero-order valence-electron chi connectivity index (χ0n) is 10.5. The number of benzene rings is 1. The topological polar surface area (TPSA) is 0 Å². The molecule has 1 aromatic carbocycles. The molecule has 2 heteroatoms. The molecule has 1 aromatic rings. The van der Waals surface area contributed by atoms with Crippen molar-refractivity contribution in [1.82, 2.24) is 0 Å². The Balaban J connectivity index is 0.00000128. The molecule has 82 valence electrons. The molecule has 1 fully saturated rings. The summed E-state index contributed by atoms with van der Waals surface area (Å²) in [5.41, 5.74) is 0. The zero-order chi connectivity index (χ0) is 10.5. The maximum Gasteiger partial charge on any atom is 1.00 e. The van der Waals surface area contributed by atoms with Crippen LogP contribution < -0.4 is 24.2 Å². The molecule has 0 heterocycles. The summed E-state index contributed by atoms with van der Waals surface area (Å²) in [4.78, 5) is 0. The molecule has 0 radical (unpaired) electrons. The maximum atomic E-state index is 2.46. The molecule has 0 spiro atoms. The molecule has 0 aromatic heterocycles. The molecule has 0 saturated heterocycles.